The third kappa shape index (κ3) is 3.14. The van der Waals surface area contributed by atoms with Crippen molar-refractivity contribution in [3.05, 3.63) is 16.8 Å². The predicted molar refractivity (Wildman–Crippen MR) is 94.8 cm³/mol. The van der Waals surface area contributed by atoms with Crippen molar-refractivity contribution in [1.82, 2.24) is 9.97 Å². The number of thiophene rings is 1. The van der Waals surface area contributed by atoms with Crippen LogP contribution < -0.4 is 5.43 Å². The molecule has 0 atom stereocenters. The molecule has 0 bridgehead atoms. The van der Waals surface area contributed by atoms with E-state index in [4.69, 9.17) is 0 Å². The Balaban J connectivity index is 1.73. The van der Waals surface area contributed by atoms with Crippen LogP contribution in [0.1, 0.15) is 55.9 Å². The minimum atomic E-state index is 0.843. The Morgan fingerprint density at radius 2 is 2.05 bits per heavy atom. The van der Waals surface area contributed by atoms with Gasteiger partial charge in [0.25, 0.3) is 0 Å². The first kappa shape index (κ1) is 15.4. The van der Waals surface area contributed by atoms with Crippen LogP contribution in [-0.2, 0) is 0 Å². The number of fused-ring (bicyclic) bond motifs is 1. The summed E-state index contributed by atoms with van der Waals surface area (Å²) in [5, 5.41) is 5.75. The van der Waals surface area contributed by atoms with E-state index in [1.54, 1.807) is 17.7 Å². The fraction of sp³-hybridized carbons (Fsp3) is 0.588. The molecular formula is C17H24N4S. The zero-order chi connectivity index (χ0) is 15.5. The van der Waals surface area contributed by atoms with Crippen LogP contribution in [0.25, 0.3) is 10.2 Å². The maximum absolute atomic E-state index is 4.63. The number of hydrazone groups is 1. The lowest BCUT2D eigenvalue weighted by Crippen LogP contribution is -2.15. The lowest BCUT2D eigenvalue weighted by molar-refractivity contribution is 0.408. The van der Waals surface area contributed by atoms with Gasteiger partial charge in [-0.3, -0.25) is 5.43 Å². The van der Waals surface area contributed by atoms with E-state index >= 15 is 0 Å². The zero-order valence-corrected chi connectivity index (χ0v) is 14.5. The second-order valence-corrected chi connectivity index (χ2v) is 7.41. The Labute approximate surface area is 136 Å². The van der Waals surface area contributed by atoms with E-state index in [9.17, 15) is 0 Å². The van der Waals surface area contributed by atoms with Crippen molar-refractivity contribution in [1.29, 1.82) is 0 Å². The molecule has 3 rings (SSSR count). The summed E-state index contributed by atoms with van der Waals surface area (Å²) in [7, 11) is 0. The Morgan fingerprint density at radius 3 is 2.77 bits per heavy atom. The smallest absolute Gasteiger partial charge is 0.158 e. The van der Waals surface area contributed by atoms with Crippen LogP contribution in [0.15, 0.2) is 11.4 Å². The monoisotopic (exact) mass is 316 g/mol. The van der Waals surface area contributed by atoms with Gasteiger partial charge in [0.1, 0.15) is 11.2 Å². The SMILES string of the molecule is CCCC1CCC(=NNc2ncnc3sc(C)c(C)c23)CC1. The fourth-order valence-electron chi connectivity index (χ4n) is 3.22. The van der Waals surface area contributed by atoms with Crippen molar-refractivity contribution >= 4 is 33.1 Å². The van der Waals surface area contributed by atoms with Gasteiger partial charge in [0.05, 0.1) is 5.39 Å². The highest BCUT2D eigenvalue weighted by molar-refractivity contribution is 7.18. The number of rotatable bonds is 4. The van der Waals surface area contributed by atoms with Crippen LogP contribution in [0.3, 0.4) is 0 Å². The van der Waals surface area contributed by atoms with Gasteiger partial charge in [-0.25, -0.2) is 9.97 Å². The molecule has 0 unspecified atom stereocenters. The Bertz CT molecular complexity index is 679. The van der Waals surface area contributed by atoms with Crippen molar-refractivity contribution in [2.24, 2.45) is 11.0 Å². The molecule has 118 valence electrons. The molecule has 1 N–H and O–H groups in total. The molecule has 1 aliphatic carbocycles. The van der Waals surface area contributed by atoms with Crippen LogP contribution in [0.4, 0.5) is 5.82 Å². The number of aromatic nitrogens is 2. The second kappa shape index (κ2) is 6.73. The molecule has 0 saturated heterocycles. The van der Waals surface area contributed by atoms with Gasteiger partial charge in [0, 0.05) is 10.6 Å². The molecule has 0 aromatic carbocycles. The van der Waals surface area contributed by atoms with Gasteiger partial charge in [-0.2, -0.15) is 5.10 Å². The summed E-state index contributed by atoms with van der Waals surface area (Å²) in [5.41, 5.74) is 5.74. The topological polar surface area (TPSA) is 50.2 Å². The van der Waals surface area contributed by atoms with Crippen LogP contribution >= 0.6 is 11.3 Å². The molecule has 0 aliphatic heterocycles. The summed E-state index contributed by atoms with van der Waals surface area (Å²) in [6.45, 7) is 6.54. The van der Waals surface area contributed by atoms with Crippen molar-refractivity contribution in [2.45, 2.75) is 59.3 Å². The van der Waals surface area contributed by atoms with Crippen molar-refractivity contribution in [2.75, 3.05) is 5.43 Å². The maximum Gasteiger partial charge on any atom is 0.158 e. The normalized spacial score (nSPS) is 18.7. The molecule has 0 spiro atoms. The highest BCUT2D eigenvalue weighted by Crippen LogP contribution is 2.32. The molecule has 1 aliphatic rings. The van der Waals surface area contributed by atoms with E-state index in [0.29, 0.717) is 0 Å². The van der Waals surface area contributed by atoms with Crippen molar-refractivity contribution in [3.63, 3.8) is 0 Å². The number of aryl methyl sites for hydroxylation is 2. The van der Waals surface area contributed by atoms with Gasteiger partial charge in [0.2, 0.25) is 0 Å². The van der Waals surface area contributed by atoms with Crippen molar-refractivity contribution in [3.8, 4) is 0 Å². The molecule has 1 saturated carbocycles. The molecule has 0 radical (unpaired) electrons. The number of anilines is 1. The lowest BCUT2D eigenvalue weighted by atomic mass is 9.85. The fourth-order valence-corrected chi connectivity index (χ4v) is 4.22. The van der Waals surface area contributed by atoms with Gasteiger partial charge in [-0.1, -0.05) is 19.8 Å². The number of hydrogen-bond donors (Lipinski definition) is 1. The van der Waals surface area contributed by atoms with Crippen LogP contribution in [0, 0.1) is 19.8 Å². The lowest BCUT2D eigenvalue weighted by Gasteiger charge is -2.22. The first-order valence-electron chi connectivity index (χ1n) is 8.21. The minimum absolute atomic E-state index is 0.843. The van der Waals surface area contributed by atoms with Crippen LogP contribution in [0.5, 0.6) is 0 Å². The Kier molecular flexibility index (Phi) is 4.71. The molecule has 2 aromatic heterocycles. The van der Waals surface area contributed by atoms with Gasteiger partial charge in [0.15, 0.2) is 5.82 Å². The molecule has 2 aromatic rings. The molecule has 5 heteroatoms. The van der Waals surface area contributed by atoms with Gasteiger partial charge in [-0.15, -0.1) is 11.3 Å². The average Bonchev–Trinajstić information content (AvgIpc) is 2.82. The third-order valence-corrected chi connectivity index (χ3v) is 5.78. The summed E-state index contributed by atoms with van der Waals surface area (Å²) in [6, 6.07) is 0. The highest BCUT2D eigenvalue weighted by atomic mass is 32.1. The standard InChI is InChI=1S/C17H24N4S/c1-4-5-13-6-8-14(9-7-13)20-21-16-15-11(2)12(3)22-17(15)19-10-18-16/h10,13H,4-9H2,1-3H3,(H,18,19,21). The van der Waals surface area contributed by atoms with Crippen LogP contribution in [-0.4, -0.2) is 15.7 Å². The molecule has 2 heterocycles. The van der Waals surface area contributed by atoms with Gasteiger partial charge in [-0.05, 0) is 51.0 Å². The van der Waals surface area contributed by atoms with Gasteiger partial charge >= 0.3 is 0 Å². The summed E-state index contributed by atoms with van der Waals surface area (Å²) in [4.78, 5) is 11.1. The van der Waals surface area contributed by atoms with E-state index in [-0.39, 0.29) is 0 Å². The van der Waals surface area contributed by atoms with Gasteiger partial charge < -0.3 is 0 Å². The first-order valence-corrected chi connectivity index (χ1v) is 9.02. The summed E-state index contributed by atoms with van der Waals surface area (Å²) < 4.78 is 0. The molecule has 0 amide bonds. The quantitative estimate of drug-likeness (QED) is 0.801. The van der Waals surface area contributed by atoms with E-state index < -0.39 is 0 Å². The second-order valence-electron chi connectivity index (χ2n) is 6.21. The molecule has 22 heavy (non-hydrogen) atoms. The third-order valence-electron chi connectivity index (χ3n) is 4.66. The maximum atomic E-state index is 4.63. The zero-order valence-electron chi connectivity index (χ0n) is 13.6. The predicted octanol–water partition coefficient (Wildman–Crippen LogP) is 5.07. The molecule has 1 fully saturated rings. The summed E-state index contributed by atoms with van der Waals surface area (Å²) in [6.07, 6.45) is 9.08. The molecule has 4 nitrogen and oxygen atoms in total. The van der Waals surface area contributed by atoms with Crippen LogP contribution in [0.2, 0.25) is 0 Å². The number of nitrogens with one attached hydrogen (secondary N) is 1. The number of hydrogen-bond acceptors (Lipinski definition) is 5. The summed E-state index contributed by atoms with van der Waals surface area (Å²) in [5.74, 6) is 1.74. The molecular weight excluding hydrogens is 292 g/mol. The van der Waals surface area contributed by atoms with E-state index in [0.717, 1.165) is 34.8 Å². The largest absolute Gasteiger partial charge is 0.261 e. The Morgan fingerprint density at radius 1 is 1.27 bits per heavy atom. The average molecular weight is 316 g/mol. The van der Waals surface area contributed by atoms with E-state index in [1.807, 2.05) is 0 Å². The number of nitrogens with zero attached hydrogens (tertiary/aromatic N) is 3. The first-order chi connectivity index (χ1) is 10.7. The van der Waals surface area contributed by atoms with E-state index in [2.05, 4.69) is 41.3 Å². The minimum Gasteiger partial charge on any atom is -0.261 e. The highest BCUT2D eigenvalue weighted by Gasteiger charge is 2.17. The van der Waals surface area contributed by atoms with Crippen molar-refractivity contribution < 1.29 is 0 Å². The summed E-state index contributed by atoms with van der Waals surface area (Å²) >= 11 is 1.72. The van der Waals surface area contributed by atoms with E-state index in [1.165, 1.54) is 41.8 Å². The Hall–Kier alpha value is -1.49.